The zero-order valence-electron chi connectivity index (χ0n) is 15.5. The van der Waals surface area contributed by atoms with Gasteiger partial charge in [-0.3, -0.25) is 4.79 Å². The van der Waals surface area contributed by atoms with Crippen LogP contribution < -0.4 is 4.90 Å². The number of carbonyl (C=O) groups excluding carboxylic acids is 1. The maximum atomic E-state index is 13.4. The van der Waals surface area contributed by atoms with Gasteiger partial charge in [-0.05, 0) is 69.2 Å². The molecule has 1 amide bonds. The second kappa shape index (κ2) is 6.72. The molecular weight excluding hydrogens is 346 g/mol. The van der Waals surface area contributed by atoms with Crippen molar-refractivity contribution in [3.05, 3.63) is 75.7 Å². The number of hydrogen-bond donors (Lipinski definition) is 0. The van der Waals surface area contributed by atoms with Crippen molar-refractivity contribution in [3.8, 4) is 0 Å². The molecule has 2 aromatic rings. The Bertz CT molecular complexity index is 965. The van der Waals surface area contributed by atoms with Crippen LogP contribution in [-0.4, -0.2) is 26.1 Å². The molecule has 3 rings (SSSR count). The van der Waals surface area contributed by atoms with E-state index in [2.05, 4.69) is 0 Å². The average Bonchev–Trinajstić information content (AvgIpc) is 2.85. The molecule has 26 heavy (non-hydrogen) atoms. The molecule has 1 aliphatic heterocycles. The van der Waals surface area contributed by atoms with Gasteiger partial charge in [-0.25, -0.2) is 8.42 Å². The highest BCUT2D eigenvalue weighted by atomic mass is 32.2. The second-order valence-electron chi connectivity index (χ2n) is 7.12. The lowest BCUT2D eigenvalue weighted by atomic mass is 10.0. The summed E-state index contributed by atoms with van der Waals surface area (Å²) in [7, 11) is -3.28. The van der Waals surface area contributed by atoms with Crippen LogP contribution in [0.4, 0.5) is 5.69 Å². The monoisotopic (exact) mass is 369 g/mol. The van der Waals surface area contributed by atoms with E-state index in [1.807, 2.05) is 64.1 Å². The highest BCUT2D eigenvalue weighted by Gasteiger charge is 2.32. The first kappa shape index (κ1) is 18.4. The summed E-state index contributed by atoms with van der Waals surface area (Å²) >= 11 is 0. The topological polar surface area (TPSA) is 54.5 Å². The Morgan fingerprint density at radius 1 is 0.885 bits per heavy atom. The van der Waals surface area contributed by atoms with Gasteiger partial charge in [0.15, 0.2) is 9.84 Å². The fourth-order valence-corrected chi connectivity index (χ4v) is 4.77. The Morgan fingerprint density at radius 2 is 1.38 bits per heavy atom. The van der Waals surface area contributed by atoms with Gasteiger partial charge in [0.25, 0.3) is 5.91 Å². The molecule has 0 aliphatic carbocycles. The van der Waals surface area contributed by atoms with E-state index in [4.69, 9.17) is 0 Å². The fourth-order valence-electron chi connectivity index (χ4n) is 3.51. The molecule has 0 fully saturated rings. The second-order valence-corrected chi connectivity index (χ2v) is 9.05. The molecule has 1 atom stereocenters. The number of carbonyl (C=O) groups is 1. The van der Waals surface area contributed by atoms with E-state index >= 15 is 0 Å². The normalized spacial score (nSPS) is 18.1. The molecule has 0 radical (unpaired) electrons. The van der Waals surface area contributed by atoms with Gasteiger partial charge in [0.2, 0.25) is 0 Å². The molecule has 0 N–H and O–H groups in total. The van der Waals surface area contributed by atoms with Gasteiger partial charge in [0.05, 0.1) is 11.8 Å². The minimum atomic E-state index is -3.28. The van der Waals surface area contributed by atoms with E-state index in [0.717, 1.165) is 27.9 Å². The average molecular weight is 369 g/mol. The van der Waals surface area contributed by atoms with Crippen LogP contribution in [0.3, 0.4) is 0 Å². The SMILES string of the molecule is Cc1cc(C)cc(C(=O)N(c2cc(C)cc(C)c2)C2C=CS(=O)(=O)C2)c1. The van der Waals surface area contributed by atoms with Crippen LogP contribution in [0.15, 0.2) is 47.9 Å². The molecule has 0 bridgehead atoms. The zero-order chi connectivity index (χ0) is 19.1. The summed E-state index contributed by atoms with van der Waals surface area (Å²) in [6.45, 7) is 7.84. The first-order chi connectivity index (χ1) is 12.1. The first-order valence-corrected chi connectivity index (χ1v) is 10.3. The number of benzene rings is 2. The smallest absolute Gasteiger partial charge is 0.258 e. The van der Waals surface area contributed by atoms with Crippen LogP contribution in [-0.2, 0) is 9.84 Å². The number of nitrogens with zero attached hydrogens (tertiary/aromatic N) is 1. The van der Waals surface area contributed by atoms with E-state index in [1.165, 1.54) is 5.41 Å². The van der Waals surface area contributed by atoms with Crippen LogP contribution in [0.1, 0.15) is 32.6 Å². The lowest BCUT2D eigenvalue weighted by Gasteiger charge is -2.28. The van der Waals surface area contributed by atoms with Crippen molar-refractivity contribution in [1.29, 1.82) is 0 Å². The van der Waals surface area contributed by atoms with Gasteiger partial charge in [0.1, 0.15) is 0 Å². The van der Waals surface area contributed by atoms with E-state index in [1.54, 1.807) is 11.0 Å². The van der Waals surface area contributed by atoms with E-state index in [0.29, 0.717) is 5.56 Å². The van der Waals surface area contributed by atoms with Crippen LogP contribution >= 0.6 is 0 Å². The molecule has 1 unspecified atom stereocenters. The van der Waals surface area contributed by atoms with Crippen molar-refractivity contribution in [2.45, 2.75) is 33.7 Å². The molecule has 0 aromatic heterocycles. The molecule has 1 heterocycles. The van der Waals surface area contributed by atoms with Crippen LogP contribution in [0.25, 0.3) is 0 Å². The molecule has 136 valence electrons. The predicted octanol–water partition coefficient (Wildman–Crippen LogP) is 3.88. The number of sulfone groups is 1. The number of rotatable bonds is 3. The molecule has 1 aliphatic rings. The van der Waals surface area contributed by atoms with Gasteiger partial charge >= 0.3 is 0 Å². The largest absolute Gasteiger partial charge is 0.300 e. The third kappa shape index (κ3) is 3.88. The fraction of sp³-hybridized carbons (Fsp3) is 0.286. The van der Waals surface area contributed by atoms with Crippen molar-refractivity contribution >= 4 is 21.4 Å². The third-order valence-corrected chi connectivity index (χ3v) is 5.79. The highest BCUT2D eigenvalue weighted by Crippen LogP contribution is 2.27. The van der Waals surface area contributed by atoms with Crippen LogP contribution in [0, 0.1) is 27.7 Å². The van der Waals surface area contributed by atoms with E-state index < -0.39 is 15.9 Å². The summed E-state index contributed by atoms with van der Waals surface area (Å²) in [5, 5.41) is 1.21. The lowest BCUT2D eigenvalue weighted by molar-refractivity contribution is 0.0983. The Balaban J connectivity index is 2.11. The molecule has 0 saturated heterocycles. The Hall–Kier alpha value is -2.40. The van der Waals surface area contributed by atoms with Gasteiger partial charge in [-0.15, -0.1) is 0 Å². The highest BCUT2D eigenvalue weighted by molar-refractivity contribution is 7.94. The Kier molecular flexibility index (Phi) is 4.76. The van der Waals surface area contributed by atoms with Crippen molar-refractivity contribution in [2.75, 3.05) is 10.7 Å². The summed E-state index contributed by atoms with van der Waals surface area (Å²) in [6, 6.07) is 11.1. The van der Waals surface area contributed by atoms with Crippen molar-refractivity contribution < 1.29 is 13.2 Å². The molecule has 0 spiro atoms. The maximum Gasteiger partial charge on any atom is 0.258 e. The standard InChI is InChI=1S/C21H23NO3S/c1-14-7-15(2)10-18(9-14)21(23)22(19-5-6-26(24,25)13-19)20-11-16(3)8-17(4)12-20/h5-12,19H,13H2,1-4H3. The van der Waals surface area contributed by atoms with E-state index in [-0.39, 0.29) is 11.7 Å². The summed E-state index contributed by atoms with van der Waals surface area (Å²) in [5.74, 6) is -0.273. The summed E-state index contributed by atoms with van der Waals surface area (Å²) in [4.78, 5) is 15.0. The summed E-state index contributed by atoms with van der Waals surface area (Å²) < 4.78 is 23.9. The first-order valence-electron chi connectivity index (χ1n) is 8.56. The van der Waals surface area contributed by atoms with Crippen LogP contribution in [0.2, 0.25) is 0 Å². The minimum absolute atomic E-state index is 0.0868. The maximum absolute atomic E-state index is 13.4. The third-order valence-electron chi connectivity index (χ3n) is 4.41. The Labute approximate surface area is 155 Å². The lowest BCUT2D eigenvalue weighted by Crippen LogP contribution is -2.41. The summed E-state index contributed by atoms with van der Waals surface area (Å²) in [5.41, 5.74) is 5.36. The van der Waals surface area contributed by atoms with Crippen molar-refractivity contribution in [1.82, 2.24) is 0 Å². The quantitative estimate of drug-likeness (QED) is 0.825. The van der Waals surface area contributed by atoms with E-state index in [9.17, 15) is 13.2 Å². The molecule has 0 saturated carbocycles. The van der Waals surface area contributed by atoms with Crippen molar-refractivity contribution in [3.63, 3.8) is 0 Å². The Morgan fingerprint density at radius 3 is 1.85 bits per heavy atom. The minimum Gasteiger partial charge on any atom is -0.300 e. The van der Waals surface area contributed by atoms with Crippen molar-refractivity contribution in [2.24, 2.45) is 0 Å². The molecule has 2 aromatic carbocycles. The van der Waals surface area contributed by atoms with Gasteiger partial charge in [-0.2, -0.15) is 0 Å². The van der Waals surface area contributed by atoms with Gasteiger partial charge in [0, 0.05) is 16.7 Å². The van der Waals surface area contributed by atoms with Gasteiger partial charge in [-0.1, -0.05) is 23.3 Å². The molecular formula is C21H23NO3S. The molecule has 5 heteroatoms. The van der Waals surface area contributed by atoms with Crippen LogP contribution in [0.5, 0.6) is 0 Å². The number of hydrogen-bond acceptors (Lipinski definition) is 3. The van der Waals surface area contributed by atoms with Gasteiger partial charge < -0.3 is 4.90 Å². The summed E-state index contributed by atoms with van der Waals surface area (Å²) in [6.07, 6.45) is 1.60. The zero-order valence-corrected chi connectivity index (χ0v) is 16.3. The number of amides is 1. The number of anilines is 1. The molecule has 4 nitrogen and oxygen atoms in total. The predicted molar refractivity (Wildman–Crippen MR) is 105 cm³/mol. The number of aryl methyl sites for hydroxylation is 4.